The van der Waals surface area contributed by atoms with Gasteiger partial charge in [-0.3, -0.25) is 9.69 Å². The molecule has 0 atom stereocenters. The number of hydrogen-bond donors (Lipinski definition) is 0. The van der Waals surface area contributed by atoms with Crippen LogP contribution in [0, 0.1) is 0 Å². The number of unbranched alkanes of at least 4 members (excludes halogenated alkanes) is 1. The Kier molecular flexibility index (Phi) is 6.93. The minimum absolute atomic E-state index is 0.0442. The number of ether oxygens (including phenoxy) is 1. The maximum absolute atomic E-state index is 12.7. The summed E-state index contributed by atoms with van der Waals surface area (Å²) in [6, 6.07) is 15.9. The summed E-state index contributed by atoms with van der Waals surface area (Å²) in [5, 5.41) is 0.685. The van der Waals surface area contributed by atoms with E-state index in [9.17, 15) is 4.79 Å². The molecule has 0 aliphatic carbocycles. The molecule has 4 nitrogen and oxygen atoms in total. The summed E-state index contributed by atoms with van der Waals surface area (Å²) in [5.74, 6) is 0.761. The average molecular weight is 395 g/mol. The maximum atomic E-state index is 12.7. The van der Waals surface area contributed by atoms with E-state index in [0.29, 0.717) is 16.7 Å². The van der Waals surface area contributed by atoms with Crippen molar-refractivity contribution in [2.75, 3.05) is 13.7 Å². The van der Waals surface area contributed by atoms with Gasteiger partial charge < -0.3 is 4.74 Å². The third kappa shape index (κ3) is 4.84. The first-order chi connectivity index (χ1) is 13.6. The first-order valence-electron chi connectivity index (χ1n) is 9.69. The standard InChI is InChI=1S/C23H26N2O2S/c1-4-6-15-27-20-10-8-7-9-18(20)16-21-22(26)25(3)23(28-21)24-19-13-11-17(5-2)12-14-19/h7-14,16H,4-6,15H2,1-3H3/b21-16+,24-23?. The fourth-order valence-electron chi connectivity index (χ4n) is 2.77. The van der Waals surface area contributed by atoms with E-state index in [1.54, 1.807) is 11.9 Å². The number of benzene rings is 2. The van der Waals surface area contributed by atoms with Crippen LogP contribution in [0.2, 0.25) is 0 Å². The Morgan fingerprint density at radius 1 is 1.11 bits per heavy atom. The number of thioether (sulfide) groups is 1. The van der Waals surface area contributed by atoms with E-state index in [1.165, 1.54) is 17.3 Å². The number of carbonyl (C=O) groups is 1. The summed E-state index contributed by atoms with van der Waals surface area (Å²) >= 11 is 1.40. The van der Waals surface area contributed by atoms with Crippen LogP contribution in [0.5, 0.6) is 5.75 Å². The summed E-state index contributed by atoms with van der Waals surface area (Å²) < 4.78 is 5.89. The lowest BCUT2D eigenvalue weighted by atomic mass is 10.2. The molecule has 5 heteroatoms. The number of aliphatic imine (C=N–C) groups is 1. The number of aryl methyl sites for hydroxylation is 1. The molecule has 0 bridgehead atoms. The van der Waals surface area contributed by atoms with Gasteiger partial charge >= 0.3 is 0 Å². The van der Waals surface area contributed by atoms with Crippen LogP contribution in [0.15, 0.2) is 58.4 Å². The van der Waals surface area contributed by atoms with Crippen molar-refractivity contribution >= 4 is 34.6 Å². The summed E-state index contributed by atoms with van der Waals surface area (Å²) in [5.41, 5.74) is 3.04. The SMILES string of the molecule is CCCCOc1ccccc1/C=C1/SC(=Nc2ccc(CC)cc2)N(C)C1=O. The number of rotatable bonds is 7. The normalized spacial score (nSPS) is 17.0. The van der Waals surface area contributed by atoms with Crippen molar-refractivity contribution in [1.82, 2.24) is 4.90 Å². The van der Waals surface area contributed by atoms with Crippen LogP contribution in [0.1, 0.15) is 37.8 Å². The summed E-state index contributed by atoms with van der Waals surface area (Å²) in [6.45, 7) is 4.94. The monoisotopic (exact) mass is 394 g/mol. The van der Waals surface area contributed by atoms with Crippen molar-refractivity contribution in [3.05, 3.63) is 64.6 Å². The molecule has 0 N–H and O–H groups in total. The molecule has 1 aliphatic heterocycles. The lowest BCUT2D eigenvalue weighted by molar-refractivity contribution is -0.121. The number of hydrogen-bond acceptors (Lipinski definition) is 4. The minimum atomic E-state index is -0.0442. The number of amidine groups is 1. The van der Waals surface area contributed by atoms with Gasteiger partial charge in [-0.1, -0.05) is 50.6 Å². The number of likely N-dealkylation sites (N-methyl/N-ethyl adjacent to an activating group) is 1. The van der Waals surface area contributed by atoms with Crippen LogP contribution >= 0.6 is 11.8 Å². The van der Waals surface area contributed by atoms with Crippen molar-refractivity contribution < 1.29 is 9.53 Å². The Morgan fingerprint density at radius 2 is 1.86 bits per heavy atom. The van der Waals surface area contributed by atoms with Gasteiger partial charge in [0.05, 0.1) is 17.2 Å². The highest BCUT2D eigenvalue weighted by Gasteiger charge is 2.30. The van der Waals surface area contributed by atoms with Gasteiger partial charge in [0.1, 0.15) is 5.75 Å². The third-order valence-electron chi connectivity index (χ3n) is 4.53. The van der Waals surface area contributed by atoms with E-state index in [1.807, 2.05) is 42.5 Å². The quantitative estimate of drug-likeness (QED) is 0.449. The molecule has 0 spiro atoms. The molecule has 0 radical (unpaired) electrons. The molecule has 28 heavy (non-hydrogen) atoms. The zero-order valence-electron chi connectivity index (χ0n) is 16.6. The number of amides is 1. The van der Waals surface area contributed by atoms with Crippen molar-refractivity contribution in [1.29, 1.82) is 0 Å². The molecule has 1 saturated heterocycles. The maximum Gasteiger partial charge on any atom is 0.266 e. The van der Waals surface area contributed by atoms with Crippen LogP contribution in [-0.4, -0.2) is 29.6 Å². The number of carbonyl (C=O) groups excluding carboxylic acids is 1. The molecule has 0 aromatic heterocycles. The Bertz CT molecular complexity index is 888. The summed E-state index contributed by atoms with van der Waals surface area (Å²) in [4.78, 5) is 19.6. The smallest absolute Gasteiger partial charge is 0.266 e. The molecule has 1 aliphatic rings. The Balaban J connectivity index is 1.82. The lowest BCUT2D eigenvalue weighted by Gasteiger charge is -2.09. The van der Waals surface area contributed by atoms with E-state index in [-0.39, 0.29) is 5.91 Å². The number of nitrogens with zero attached hydrogens (tertiary/aromatic N) is 2. The molecule has 3 rings (SSSR count). The second-order valence-corrected chi connectivity index (χ2v) is 7.64. The van der Waals surface area contributed by atoms with E-state index in [4.69, 9.17) is 4.74 Å². The zero-order chi connectivity index (χ0) is 19.9. The average Bonchev–Trinajstić information content (AvgIpc) is 2.98. The molecule has 0 saturated carbocycles. The van der Waals surface area contributed by atoms with E-state index in [0.717, 1.165) is 36.3 Å². The van der Waals surface area contributed by atoms with E-state index in [2.05, 4.69) is 31.0 Å². The van der Waals surface area contributed by atoms with Crippen molar-refractivity contribution in [2.45, 2.75) is 33.1 Å². The van der Waals surface area contributed by atoms with Crippen molar-refractivity contribution in [2.24, 2.45) is 4.99 Å². The number of para-hydroxylation sites is 1. The Morgan fingerprint density at radius 3 is 2.57 bits per heavy atom. The molecule has 146 valence electrons. The summed E-state index contributed by atoms with van der Waals surface area (Å²) in [6.07, 6.45) is 4.99. The zero-order valence-corrected chi connectivity index (χ0v) is 17.5. The van der Waals surface area contributed by atoms with Gasteiger partial charge in [0.25, 0.3) is 5.91 Å². The fraction of sp³-hybridized carbons (Fsp3) is 0.304. The molecule has 1 fully saturated rings. The van der Waals surface area contributed by atoms with Gasteiger partial charge in [-0.25, -0.2) is 4.99 Å². The van der Waals surface area contributed by atoms with Gasteiger partial charge in [0, 0.05) is 12.6 Å². The van der Waals surface area contributed by atoms with Gasteiger partial charge in [-0.15, -0.1) is 0 Å². The van der Waals surface area contributed by atoms with Gasteiger partial charge in [-0.05, 0) is 54.4 Å². The molecule has 2 aromatic rings. The highest BCUT2D eigenvalue weighted by atomic mass is 32.2. The molecule has 2 aromatic carbocycles. The molecular formula is C23H26N2O2S. The first kappa shape index (κ1) is 20.2. The minimum Gasteiger partial charge on any atom is -0.493 e. The topological polar surface area (TPSA) is 41.9 Å². The summed E-state index contributed by atoms with van der Waals surface area (Å²) in [7, 11) is 1.76. The van der Waals surface area contributed by atoms with Gasteiger partial charge in [0.2, 0.25) is 0 Å². The van der Waals surface area contributed by atoms with Crippen LogP contribution in [0.3, 0.4) is 0 Å². The fourth-order valence-corrected chi connectivity index (χ4v) is 3.74. The van der Waals surface area contributed by atoms with Crippen LogP contribution < -0.4 is 4.74 Å². The Hall–Kier alpha value is -2.53. The highest BCUT2D eigenvalue weighted by Crippen LogP contribution is 2.34. The highest BCUT2D eigenvalue weighted by molar-refractivity contribution is 8.18. The Labute approximate surface area is 171 Å². The molecule has 0 unspecified atom stereocenters. The molecule has 1 amide bonds. The lowest BCUT2D eigenvalue weighted by Crippen LogP contribution is -2.23. The second kappa shape index (κ2) is 9.60. The first-order valence-corrected chi connectivity index (χ1v) is 10.5. The largest absolute Gasteiger partial charge is 0.493 e. The van der Waals surface area contributed by atoms with E-state index >= 15 is 0 Å². The second-order valence-electron chi connectivity index (χ2n) is 6.63. The van der Waals surface area contributed by atoms with Crippen LogP contribution in [0.4, 0.5) is 5.69 Å². The van der Waals surface area contributed by atoms with Gasteiger partial charge in [-0.2, -0.15) is 0 Å². The van der Waals surface area contributed by atoms with Crippen molar-refractivity contribution in [3.63, 3.8) is 0 Å². The predicted molar refractivity (Wildman–Crippen MR) is 118 cm³/mol. The van der Waals surface area contributed by atoms with Crippen LogP contribution in [-0.2, 0) is 11.2 Å². The van der Waals surface area contributed by atoms with Gasteiger partial charge in [0.15, 0.2) is 5.17 Å². The van der Waals surface area contributed by atoms with E-state index < -0.39 is 0 Å². The van der Waals surface area contributed by atoms with Crippen molar-refractivity contribution in [3.8, 4) is 5.75 Å². The predicted octanol–water partition coefficient (Wildman–Crippen LogP) is 5.66. The third-order valence-corrected chi connectivity index (χ3v) is 5.59. The molecule has 1 heterocycles. The molecular weight excluding hydrogens is 368 g/mol. The van der Waals surface area contributed by atoms with Crippen LogP contribution in [0.25, 0.3) is 6.08 Å².